The van der Waals surface area contributed by atoms with E-state index in [4.69, 9.17) is 9.73 Å². The van der Waals surface area contributed by atoms with Crippen LogP contribution in [0.15, 0.2) is 4.99 Å². The van der Waals surface area contributed by atoms with Crippen molar-refractivity contribution in [3.63, 3.8) is 0 Å². The average Bonchev–Trinajstić information content (AvgIpc) is 3.45. The minimum atomic E-state index is -0.447. The maximum absolute atomic E-state index is 12.8. The summed E-state index contributed by atoms with van der Waals surface area (Å²) < 4.78 is 5.71. The van der Waals surface area contributed by atoms with Crippen molar-refractivity contribution in [2.24, 2.45) is 10.9 Å². The summed E-state index contributed by atoms with van der Waals surface area (Å²) in [7, 11) is 4.19. The van der Waals surface area contributed by atoms with Gasteiger partial charge in [0, 0.05) is 38.8 Å². The number of piperidine rings is 1. The van der Waals surface area contributed by atoms with Gasteiger partial charge >= 0.3 is 6.09 Å². The Morgan fingerprint density at radius 3 is 2.30 bits per heavy atom. The largest absolute Gasteiger partial charge is 0.444 e. The molecule has 1 saturated heterocycles. The first kappa shape index (κ1) is 27.3. The minimum absolute atomic E-state index is 0. The fraction of sp³-hybridized carbons (Fsp3) is 0.909. The first-order chi connectivity index (χ1) is 13.7. The van der Waals surface area contributed by atoms with Crippen LogP contribution in [-0.2, 0) is 4.74 Å². The molecule has 1 N–H and O–H groups in total. The molecule has 1 heterocycles. The van der Waals surface area contributed by atoms with E-state index in [0.717, 1.165) is 64.5 Å². The van der Waals surface area contributed by atoms with Crippen molar-refractivity contribution in [1.82, 2.24) is 20.0 Å². The van der Waals surface area contributed by atoms with Crippen LogP contribution in [0.1, 0.15) is 59.8 Å². The third kappa shape index (κ3) is 10.0. The molecule has 0 aromatic rings. The van der Waals surface area contributed by atoms with Crippen molar-refractivity contribution < 1.29 is 9.53 Å². The predicted octanol–water partition coefficient (Wildman–Crippen LogP) is 3.63. The van der Waals surface area contributed by atoms with Crippen LogP contribution in [0.25, 0.3) is 0 Å². The second kappa shape index (κ2) is 12.9. The molecule has 2 aliphatic rings. The molecule has 7 nitrogen and oxygen atoms in total. The SMILES string of the molecule is CCNC(=NCCCN(C)C)N1CCC(N(CC2CC2)C(=O)OC(C)(C)C)CC1.I. The van der Waals surface area contributed by atoms with Crippen molar-refractivity contribution in [3.05, 3.63) is 0 Å². The van der Waals surface area contributed by atoms with E-state index < -0.39 is 5.60 Å². The Bertz CT molecular complexity index is 538. The Hall–Kier alpha value is -0.770. The fourth-order valence-corrected chi connectivity index (χ4v) is 3.66. The smallest absolute Gasteiger partial charge is 0.410 e. The van der Waals surface area contributed by atoms with E-state index in [0.29, 0.717) is 5.92 Å². The number of hydrogen-bond acceptors (Lipinski definition) is 4. The highest BCUT2D eigenvalue weighted by Gasteiger charge is 2.35. The van der Waals surface area contributed by atoms with Gasteiger partial charge in [-0.1, -0.05) is 0 Å². The lowest BCUT2D eigenvalue weighted by Crippen LogP contribution is -2.52. The summed E-state index contributed by atoms with van der Waals surface area (Å²) in [5.41, 5.74) is -0.447. The second-order valence-corrected chi connectivity index (χ2v) is 9.69. The Morgan fingerprint density at radius 1 is 1.17 bits per heavy atom. The Labute approximate surface area is 201 Å². The predicted molar refractivity (Wildman–Crippen MR) is 135 cm³/mol. The molecule has 2 fully saturated rings. The average molecular weight is 538 g/mol. The van der Waals surface area contributed by atoms with Crippen LogP contribution in [-0.4, -0.2) is 91.8 Å². The molecule has 0 aromatic heterocycles. The van der Waals surface area contributed by atoms with Crippen LogP contribution in [0.2, 0.25) is 0 Å². The third-order valence-corrected chi connectivity index (χ3v) is 5.34. The third-order valence-electron chi connectivity index (χ3n) is 5.34. The van der Waals surface area contributed by atoms with Crippen molar-refractivity contribution in [3.8, 4) is 0 Å². The number of carbonyl (C=O) groups excluding carboxylic acids is 1. The summed E-state index contributed by atoms with van der Waals surface area (Å²) in [5.74, 6) is 1.67. The van der Waals surface area contributed by atoms with Gasteiger partial charge in [0.05, 0.1) is 0 Å². The normalized spacial score (nSPS) is 18.2. The zero-order chi connectivity index (χ0) is 21.4. The lowest BCUT2D eigenvalue weighted by Gasteiger charge is -2.40. The van der Waals surface area contributed by atoms with Gasteiger partial charge in [0.15, 0.2) is 5.96 Å². The molecule has 0 aromatic carbocycles. The van der Waals surface area contributed by atoms with Crippen LogP contribution in [0.5, 0.6) is 0 Å². The van der Waals surface area contributed by atoms with E-state index in [1.807, 2.05) is 25.7 Å². The monoisotopic (exact) mass is 537 g/mol. The molecule has 0 atom stereocenters. The molecule has 176 valence electrons. The number of ether oxygens (including phenoxy) is 1. The van der Waals surface area contributed by atoms with Crippen LogP contribution in [0, 0.1) is 5.92 Å². The highest BCUT2D eigenvalue weighted by molar-refractivity contribution is 14.0. The van der Waals surface area contributed by atoms with Crippen LogP contribution < -0.4 is 5.32 Å². The molecule has 0 spiro atoms. The molecule has 0 bridgehead atoms. The van der Waals surface area contributed by atoms with Gasteiger partial charge in [-0.15, -0.1) is 24.0 Å². The van der Waals surface area contributed by atoms with Gasteiger partial charge in [-0.25, -0.2) is 4.79 Å². The van der Waals surface area contributed by atoms with E-state index >= 15 is 0 Å². The first-order valence-electron chi connectivity index (χ1n) is 11.4. The van der Waals surface area contributed by atoms with E-state index in [1.165, 1.54) is 12.8 Å². The summed E-state index contributed by atoms with van der Waals surface area (Å²) in [4.78, 5) is 24.2. The molecule has 1 saturated carbocycles. The topological polar surface area (TPSA) is 60.4 Å². The number of nitrogens with zero attached hydrogens (tertiary/aromatic N) is 4. The summed E-state index contributed by atoms with van der Waals surface area (Å²) in [6.07, 6.45) is 5.32. The number of rotatable bonds is 8. The number of carbonyl (C=O) groups is 1. The number of aliphatic imine (C=N–C) groups is 1. The van der Waals surface area contributed by atoms with E-state index in [-0.39, 0.29) is 36.1 Å². The number of nitrogens with one attached hydrogen (secondary N) is 1. The zero-order valence-electron chi connectivity index (χ0n) is 19.9. The second-order valence-electron chi connectivity index (χ2n) is 9.69. The Balaban J connectivity index is 0.00000450. The fourth-order valence-electron chi connectivity index (χ4n) is 3.66. The molecule has 1 amide bonds. The van der Waals surface area contributed by atoms with Crippen molar-refractivity contribution in [1.29, 1.82) is 0 Å². The molecular formula is C22H44IN5O2. The maximum atomic E-state index is 12.8. The van der Waals surface area contributed by atoms with Crippen LogP contribution >= 0.6 is 24.0 Å². The molecule has 1 aliphatic heterocycles. The Kier molecular flexibility index (Phi) is 11.8. The maximum Gasteiger partial charge on any atom is 0.410 e. The molecule has 30 heavy (non-hydrogen) atoms. The van der Waals surface area contributed by atoms with Gasteiger partial charge in [-0.05, 0) is 86.4 Å². The van der Waals surface area contributed by atoms with Gasteiger partial charge in [0.2, 0.25) is 0 Å². The van der Waals surface area contributed by atoms with Crippen molar-refractivity contribution in [2.45, 2.75) is 71.4 Å². The lowest BCUT2D eigenvalue weighted by molar-refractivity contribution is 0.00928. The summed E-state index contributed by atoms with van der Waals surface area (Å²) in [6, 6.07) is 0.262. The summed E-state index contributed by atoms with van der Waals surface area (Å²) in [6.45, 7) is 13.4. The van der Waals surface area contributed by atoms with Gasteiger partial charge in [-0.3, -0.25) is 4.99 Å². The zero-order valence-corrected chi connectivity index (χ0v) is 22.3. The molecule has 0 radical (unpaired) electrons. The number of hydrogen-bond donors (Lipinski definition) is 1. The first-order valence-corrected chi connectivity index (χ1v) is 11.4. The summed E-state index contributed by atoms with van der Waals surface area (Å²) >= 11 is 0. The van der Waals surface area contributed by atoms with Crippen LogP contribution in [0.3, 0.4) is 0 Å². The lowest BCUT2D eigenvalue weighted by atomic mass is 10.0. The van der Waals surface area contributed by atoms with E-state index in [1.54, 1.807) is 0 Å². The highest BCUT2D eigenvalue weighted by atomic mass is 127. The van der Waals surface area contributed by atoms with E-state index in [2.05, 4.69) is 36.1 Å². The molecule has 1 aliphatic carbocycles. The highest BCUT2D eigenvalue weighted by Crippen LogP contribution is 2.32. The number of guanidine groups is 1. The van der Waals surface area contributed by atoms with Crippen molar-refractivity contribution in [2.75, 3.05) is 53.4 Å². The van der Waals surface area contributed by atoms with Crippen molar-refractivity contribution >= 4 is 36.0 Å². The summed E-state index contributed by atoms with van der Waals surface area (Å²) in [5, 5.41) is 3.44. The van der Waals surface area contributed by atoms with Gasteiger partial charge in [0.25, 0.3) is 0 Å². The standard InChI is InChI=1S/C22H43N5O2.HI/c1-7-23-20(24-13-8-14-25(5)6)26-15-11-19(12-16-26)27(17-18-9-10-18)21(28)29-22(2,3)4;/h18-19H,7-17H2,1-6H3,(H,23,24);1H. The van der Waals surface area contributed by atoms with Gasteiger partial charge in [-0.2, -0.15) is 0 Å². The quantitative estimate of drug-likeness (QED) is 0.222. The molecule has 0 unspecified atom stereocenters. The van der Waals surface area contributed by atoms with Crippen LogP contribution in [0.4, 0.5) is 4.79 Å². The molecular weight excluding hydrogens is 493 g/mol. The van der Waals surface area contributed by atoms with E-state index in [9.17, 15) is 4.79 Å². The number of halogens is 1. The number of amides is 1. The Morgan fingerprint density at radius 2 is 1.80 bits per heavy atom. The minimum Gasteiger partial charge on any atom is -0.444 e. The number of likely N-dealkylation sites (tertiary alicyclic amines) is 1. The van der Waals surface area contributed by atoms with Gasteiger partial charge < -0.3 is 24.8 Å². The molecule has 8 heteroatoms. The van der Waals surface area contributed by atoms with Gasteiger partial charge in [0.1, 0.15) is 5.60 Å². The molecule has 2 rings (SSSR count).